The maximum atomic E-state index is 12.3. The minimum Gasteiger partial charge on any atom is -0.408 e. The van der Waals surface area contributed by atoms with Gasteiger partial charge in [-0.15, -0.1) is 0 Å². The van der Waals surface area contributed by atoms with Crippen molar-refractivity contribution in [1.82, 2.24) is 4.57 Å². The summed E-state index contributed by atoms with van der Waals surface area (Å²) in [6.45, 7) is 3.79. The molecule has 0 fully saturated rings. The van der Waals surface area contributed by atoms with Crippen molar-refractivity contribution in [2.24, 2.45) is 0 Å². The summed E-state index contributed by atoms with van der Waals surface area (Å²) in [4.78, 5) is 24.1. The predicted octanol–water partition coefficient (Wildman–Crippen LogP) is 2.85. The van der Waals surface area contributed by atoms with Gasteiger partial charge in [0.25, 0.3) is 0 Å². The molecule has 0 aliphatic carbocycles. The number of carbonyl (C=O) groups excluding carboxylic acids is 1. The number of anilines is 1. The Kier molecular flexibility index (Phi) is 3.55. The molecular weight excluding hydrogens is 280 g/mol. The molecule has 3 aromatic rings. The molecule has 22 heavy (non-hydrogen) atoms. The largest absolute Gasteiger partial charge is 0.420 e. The van der Waals surface area contributed by atoms with Crippen molar-refractivity contribution < 1.29 is 9.21 Å². The van der Waals surface area contributed by atoms with E-state index in [0.29, 0.717) is 11.1 Å². The van der Waals surface area contributed by atoms with Crippen LogP contribution in [0.5, 0.6) is 0 Å². The van der Waals surface area contributed by atoms with E-state index < -0.39 is 5.76 Å². The van der Waals surface area contributed by atoms with E-state index in [-0.39, 0.29) is 12.5 Å². The van der Waals surface area contributed by atoms with Crippen LogP contribution in [0.4, 0.5) is 5.69 Å². The third-order valence-electron chi connectivity index (χ3n) is 3.62. The number of hydrogen-bond acceptors (Lipinski definition) is 3. The molecule has 1 aromatic heterocycles. The number of aromatic nitrogens is 1. The summed E-state index contributed by atoms with van der Waals surface area (Å²) in [6, 6.07) is 12.9. The molecule has 112 valence electrons. The number of nitrogens with zero attached hydrogens (tertiary/aromatic N) is 1. The number of carbonyl (C=O) groups is 1. The molecule has 2 aromatic carbocycles. The van der Waals surface area contributed by atoms with Crippen LogP contribution in [0.2, 0.25) is 0 Å². The van der Waals surface area contributed by atoms with Gasteiger partial charge in [0.15, 0.2) is 5.58 Å². The third kappa shape index (κ3) is 2.53. The molecule has 0 spiro atoms. The summed E-state index contributed by atoms with van der Waals surface area (Å²) in [5, 5.41) is 2.87. The molecule has 1 amide bonds. The van der Waals surface area contributed by atoms with Crippen LogP contribution in [0.3, 0.4) is 0 Å². The van der Waals surface area contributed by atoms with Gasteiger partial charge in [0.05, 0.1) is 5.52 Å². The summed E-state index contributed by atoms with van der Waals surface area (Å²) < 4.78 is 6.46. The second kappa shape index (κ2) is 5.52. The number of amides is 1. The monoisotopic (exact) mass is 296 g/mol. The number of benzene rings is 2. The van der Waals surface area contributed by atoms with Gasteiger partial charge < -0.3 is 9.73 Å². The summed E-state index contributed by atoms with van der Waals surface area (Å²) in [5.41, 5.74) is 3.85. The number of oxazole rings is 1. The molecule has 0 saturated heterocycles. The maximum absolute atomic E-state index is 12.3. The second-order valence-electron chi connectivity index (χ2n) is 5.24. The van der Waals surface area contributed by atoms with Gasteiger partial charge in [0.2, 0.25) is 5.91 Å². The van der Waals surface area contributed by atoms with Crippen molar-refractivity contribution in [2.45, 2.75) is 20.4 Å². The minimum atomic E-state index is -0.530. The van der Waals surface area contributed by atoms with Gasteiger partial charge >= 0.3 is 5.76 Å². The predicted molar refractivity (Wildman–Crippen MR) is 85.0 cm³/mol. The summed E-state index contributed by atoms with van der Waals surface area (Å²) in [6.07, 6.45) is 0. The van der Waals surface area contributed by atoms with Gasteiger partial charge in [-0.05, 0) is 37.1 Å². The number of fused-ring (bicyclic) bond motifs is 1. The highest BCUT2D eigenvalue weighted by Crippen LogP contribution is 2.19. The molecule has 5 nitrogen and oxygen atoms in total. The summed E-state index contributed by atoms with van der Waals surface area (Å²) in [5.74, 6) is -0.788. The van der Waals surface area contributed by atoms with Gasteiger partial charge in [-0.2, -0.15) is 0 Å². The molecule has 0 bridgehead atoms. The number of rotatable bonds is 3. The van der Waals surface area contributed by atoms with Crippen LogP contribution in [0.25, 0.3) is 11.1 Å². The topological polar surface area (TPSA) is 64.2 Å². The van der Waals surface area contributed by atoms with Crippen LogP contribution in [0, 0.1) is 13.8 Å². The van der Waals surface area contributed by atoms with Crippen LogP contribution < -0.4 is 11.1 Å². The standard InChI is InChI=1S/C17H16N2O3/c1-11-6-5-7-12(2)16(11)18-15(20)10-19-13-8-3-4-9-14(13)22-17(19)21/h3-9H,10H2,1-2H3,(H,18,20). The first-order valence-electron chi connectivity index (χ1n) is 7.00. The fourth-order valence-corrected chi connectivity index (χ4v) is 2.50. The first kappa shape index (κ1) is 14.1. The van der Waals surface area contributed by atoms with E-state index in [1.807, 2.05) is 32.0 Å². The van der Waals surface area contributed by atoms with E-state index >= 15 is 0 Å². The Labute approximate surface area is 127 Å². The number of aryl methyl sites for hydroxylation is 2. The minimum absolute atomic E-state index is 0.0797. The first-order valence-corrected chi connectivity index (χ1v) is 7.00. The highest BCUT2D eigenvalue weighted by molar-refractivity contribution is 5.93. The fourth-order valence-electron chi connectivity index (χ4n) is 2.50. The maximum Gasteiger partial charge on any atom is 0.420 e. The first-order chi connectivity index (χ1) is 10.6. The van der Waals surface area contributed by atoms with Crippen LogP contribution in [-0.4, -0.2) is 10.5 Å². The molecule has 0 radical (unpaired) electrons. The Bertz CT molecular complexity index is 885. The van der Waals surface area contributed by atoms with E-state index in [4.69, 9.17) is 4.42 Å². The third-order valence-corrected chi connectivity index (χ3v) is 3.62. The fraction of sp³-hybridized carbons (Fsp3) is 0.176. The Morgan fingerprint density at radius 1 is 1.09 bits per heavy atom. The van der Waals surface area contributed by atoms with Crippen molar-refractivity contribution in [2.75, 3.05) is 5.32 Å². The zero-order chi connectivity index (χ0) is 15.7. The van der Waals surface area contributed by atoms with Gasteiger partial charge in [0.1, 0.15) is 6.54 Å². The van der Waals surface area contributed by atoms with Crippen molar-refractivity contribution in [3.8, 4) is 0 Å². The SMILES string of the molecule is Cc1cccc(C)c1NC(=O)Cn1c(=O)oc2ccccc21. The Morgan fingerprint density at radius 3 is 2.50 bits per heavy atom. The number of hydrogen-bond donors (Lipinski definition) is 1. The molecule has 0 aliphatic rings. The number of nitrogens with one attached hydrogen (secondary N) is 1. The van der Waals surface area contributed by atoms with Gasteiger partial charge in [-0.25, -0.2) is 4.79 Å². The van der Waals surface area contributed by atoms with Crippen molar-refractivity contribution >= 4 is 22.7 Å². The molecule has 1 heterocycles. The molecular formula is C17H16N2O3. The van der Waals surface area contributed by atoms with E-state index in [0.717, 1.165) is 16.8 Å². The second-order valence-corrected chi connectivity index (χ2v) is 5.24. The highest BCUT2D eigenvalue weighted by Gasteiger charge is 2.13. The van der Waals surface area contributed by atoms with E-state index in [1.54, 1.807) is 24.3 Å². The zero-order valence-corrected chi connectivity index (χ0v) is 12.4. The molecule has 0 unspecified atom stereocenters. The van der Waals surface area contributed by atoms with Gasteiger partial charge in [-0.3, -0.25) is 9.36 Å². The lowest BCUT2D eigenvalue weighted by Gasteiger charge is -2.11. The smallest absolute Gasteiger partial charge is 0.408 e. The lowest BCUT2D eigenvalue weighted by atomic mass is 10.1. The van der Waals surface area contributed by atoms with Crippen LogP contribution in [0.1, 0.15) is 11.1 Å². The van der Waals surface area contributed by atoms with E-state index in [1.165, 1.54) is 4.57 Å². The summed E-state index contributed by atoms with van der Waals surface area (Å²) in [7, 11) is 0. The van der Waals surface area contributed by atoms with Crippen LogP contribution in [-0.2, 0) is 11.3 Å². The zero-order valence-electron chi connectivity index (χ0n) is 12.4. The number of para-hydroxylation sites is 3. The normalized spacial score (nSPS) is 10.8. The molecule has 3 rings (SSSR count). The lowest BCUT2D eigenvalue weighted by Crippen LogP contribution is -2.25. The lowest BCUT2D eigenvalue weighted by molar-refractivity contribution is -0.116. The van der Waals surface area contributed by atoms with E-state index in [2.05, 4.69) is 5.32 Å². The molecule has 0 saturated carbocycles. The highest BCUT2D eigenvalue weighted by atomic mass is 16.4. The average Bonchev–Trinajstić information content (AvgIpc) is 2.79. The quantitative estimate of drug-likeness (QED) is 0.808. The molecule has 5 heteroatoms. The van der Waals surface area contributed by atoms with Gasteiger partial charge in [0, 0.05) is 5.69 Å². The van der Waals surface area contributed by atoms with Crippen molar-refractivity contribution in [3.63, 3.8) is 0 Å². The van der Waals surface area contributed by atoms with Crippen LogP contribution >= 0.6 is 0 Å². The Hall–Kier alpha value is -2.82. The molecule has 0 atom stereocenters. The van der Waals surface area contributed by atoms with Gasteiger partial charge in [-0.1, -0.05) is 30.3 Å². The van der Waals surface area contributed by atoms with Crippen molar-refractivity contribution in [1.29, 1.82) is 0 Å². The molecule has 0 aliphatic heterocycles. The Morgan fingerprint density at radius 2 is 1.77 bits per heavy atom. The van der Waals surface area contributed by atoms with Crippen LogP contribution in [0.15, 0.2) is 51.7 Å². The van der Waals surface area contributed by atoms with E-state index in [9.17, 15) is 9.59 Å². The summed E-state index contributed by atoms with van der Waals surface area (Å²) >= 11 is 0. The Balaban J connectivity index is 1.88. The van der Waals surface area contributed by atoms with Crippen molar-refractivity contribution in [3.05, 3.63) is 64.1 Å². The molecule has 1 N–H and O–H groups in total. The average molecular weight is 296 g/mol.